The fourth-order valence-corrected chi connectivity index (χ4v) is 4.37. The van der Waals surface area contributed by atoms with Crippen molar-refractivity contribution in [2.24, 2.45) is 0 Å². The molecule has 0 spiro atoms. The smallest absolute Gasteiger partial charge is 1.00 e. The van der Waals surface area contributed by atoms with Crippen LogP contribution in [0.2, 0.25) is 0 Å². The Morgan fingerprint density at radius 1 is 0.935 bits per heavy atom. The SMILES string of the molecule is CCCCCCCCCCCCOS(=O)(=O)O.O=C1NS(=O)(=O)c2ccccc21.[H-].[H-].[Na+].[Na+]. The van der Waals surface area contributed by atoms with Gasteiger partial charge in [-0.2, -0.15) is 8.42 Å². The van der Waals surface area contributed by atoms with Crippen molar-refractivity contribution in [3.8, 4) is 0 Å². The van der Waals surface area contributed by atoms with E-state index in [0.29, 0.717) is 6.42 Å². The number of amides is 1. The molecule has 170 valence electrons. The number of nitrogens with one attached hydrogen (secondary N) is 1. The molecule has 8 nitrogen and oxygen atoms in total. The summed E-state index contributed by atoms with van der Waals surface area (Å²) in [7, 11) is -7.79. The standard InChI is InChI=1S/C12H26O4S.C7H5NO3S.2Na.2H/c1-2-3-4-5-6-7-8-9-10-11-12-16-17(13,14)15;9-7-5-3-1-2-4-6(5)12(10,11)8-7;;;;/h2-12H2,1H3,(H,13,14,15);1-4H,(H,8,9);;;;/q;;2*+1;2*-1. The Balaban J connectivity index is -0.000000235. The maximum atomic E-state index is 11.1. The molecule has 1 aliphatic rings. The van der Waals surface area contributed by atoms with Crippen LogP contribution in [0, 0.1) is 0 Å². The van der Waals surface area contributed by atoms with Crippen LogP contribution in [0.3, 0.4) is 0 Å². The van der Waals surface area contributed by atoms with E-state index in [2.05, 4.69) is 11.1 Å². The van der Waals surface area contributed by atoms with Crippen molar-refractivity contribution >= 4 is 26.3 Å². The molecular weight excluding hydrogens is 464 g/mol. The zero-order valence-electron chi connectivity index (χ0n) is 20.8. The minimum absolute atomic E-state index is 0. The molecule has 0 saturated heterocycles. The number of fused-ring (bicyclic) bond motifs is 1. The Morgan fingerprint density at radius 3 is 1.90 bits per heavy atom. The summed E-state index contributed by atoms with van der Waals surface area (Å²) < 4.78 is 57.1. The summed E-state index contributed by atoms with van der Waals surface area (Å²) >= 11 is 0. The first kappa shape index (κ1) is 33.7. The van der Waals surface area contributed by atoms with E-state index in [4.69, 9.17) is 4.55 Å². The fourth-order valence-electron chi connectivity index (χ4n) is 2.87. The van der Waals surface area contributed by atoms with Gasteiger partial charge in [0.2, 0.25) is 0 Å². The van der Waals surface area contributed by atoms with Crippen molar-refractivity contribution in [3.63, 3.8) is 0 Å². The number of rotatable bonds is 12. The topological polar surface area (TPSA) is 127 Å². The molecule has 0 aromatic heterocycles. The predicted molar refractivity (Wildman–Crippen MR) is 113 cm³/mol. The summed E-state index contributed by atoms with van der Waals surface area (Å²) in [5.74, 6) is -0.550. The van der Waals surface area contributed by atoms with Gasteiger partial charge in [-0.1, -0.05) is 76.8 Å². The molecule has 1 aliphatic heterocycles. The zero-order valence-corrected chi connectivity index (χ0v) is 24.4. The Morgan fingerprint density at radius 2 is 1.42 bits per heavy atom. The molecule has 12 heteroatoms. The molecule has 0 saturated carbocycles. The molecule has 1 heterocycles. The van der Waals surface area contributed by atoms with Crippen LogP contribution in [-0.4, -0.2) is 33.9 Å². The van der Waals surface area contributed by atoms with Crippen molar-refractivity contribution in [3.05, 3.63) is 29.8 Å². The van der Waals surface area contributed by atoms with Crippen molar-refractivity contribution in [1.82, 2.24) is 4.72 Å². The number of benzene rings is 1. The first-order valence-corrected chi connectivity index (χ1v) is 12.8. The van der Waals surface area contributed by atoms with Gasteiger partial charge < -0.3 is 2.85 Å². The molecule has 0 radical (unpaired) electrons. The number of carbonyl (C=O) groups is 1. The van der Waals surface area contributed by atoms with Gasteiger partial charge in [0, 0.05) is 0 Å². The maximum absolute atomic E-state index is 11.1. The van der Waals surface area contributed by atoms with Gasteiger partial charge in [-0.05, 0) is 18.6 Å². The molecular formula is C19H33NNa2O7S2. The average molecular weight is 498 g/mol. The molecule has 0 atom stereocenters. The Hall–Kier alpha value is 0.510. The van der Waals surface area contributed by atoms with E-state index in [1.54, 1.807) is 12.1 Å². The van der Waals surface area contributed by atoms with Crippen molar-refractivity contribution in [2.45, 2.75) is 76.0 Å². The van der Waals surface area contributed by atoms with Gasteiger partial charge in [0.15, 0.2) is 0 Å². The van der Waals surface area contributed by atoms with Crippen LogP contribution in [0.15, 0.2) is 29.2 Å². The average Bonchev–Trinajstić information content (AvgIpc) is 2.89. The van der Waals surface area contributed by atoms with E-state index in [9.17, 15) is 21.6 Å². The van der Waals surface area contributed by atoms with Gasteiger partial charge in [0.1, 0.15) is 4.90 Å². The van der Waals surface area contributed by atoms with Gasteiger partial charge in [-0.3, -0.25) is 9.35 Å². The van der Waals surface area contributed by atoms with Crippen LogP contribution in [0.5, 0.6) is 0 Å². The summed E-state index contributed by atoms with van der Waals surface area (Å²) in [4.78, 5) is 11.1. The first-order chi connectivity index (χ1) is 13.7. The third-order valence-electron chi connectivity index (χ3n) is 4.38. The van der Waals surface area contributed by atoms with E-state index in [1.807, 2.05) is 4.72 Å². The van der Waals surface area contributed by atoms with E-state index in [0.717, 1.165) is 12.8 Å². The van der Waals surface area contributed by atoms with Crippen LogP contribution in [0.1, 0.15) is 84.3 Å². The Labute approximate surface area is 233 Å². The largest absolute Gasteiger partial charge is 1.00 e. The van der Waals surface area contributed by atoms with Crippen LogP contribution in [0.25, 0.3) is 0 Å². The molecule has 0 fully saturated rings. The third kappa shape index (κ3) is 15.1. The molecule has 1 amide bonds. The molecule has 1 aromatic carbocycles. The number of unbranched alkanes of at least 4 members (excludes halogenated alkanes) is 9. The van der Waals surface area contributed by atoms with Gasteiger partial charge >= 0.3 is 69.5 Å². The molecule has 1 aromatic rings. The number of carbonyl (C=O) groups excluding carboxylic acids is 1. The van der Waals surface area contributed by atoms with Gasteiger partial charge in [0.25, 0.3) is 15.9 Å². The summed E-state index contributed by atoms with van der Waals surface area (Å²) in [5.41, 5.74) is 0.220. The minimum Gasteiger partial charge on any atom is -1.00 e. The van der Waals surface area contributed by atoms with E-state index < -0.39 is 26.3 Å². The summed E-state index contributed by atoms with van der Waals surface area (Å²) in [6, 6.07) is 6.09. The number of sulfonamides is 1. The minimum atomic E-state index is -4.23. The van der Waals surface area contributed by atoms with Crippen molar-refractivity contribution in [2.75, 3.05) is 6.61 Å². The molecule has 2 rings (SSSR count). The molecule has 2 N–H and O–H groups in total. The van der Waals surface area contributed by atoms with E-state index >= 15 is 0 Å². The maximum Gasteiger partial charge on any atom is 1.00 e. The summed E-state index contributed by atoms with van der Waals surface area (Å²) in [5, 5.41) is 0. The summed E-state index contributed by atoms with van der Waals surface area (Å²) in [6.45, 7) is 2.31. The monoisotopic (exact) mass is 497 g/mol. The second-order valence-corrected chi connectivity index (χ2v) is 9.60. The Bertz CT molecular complexity index is 857. The third-order valence-corrected chi connectivity index (χ3v) is 6.23. The normalized spacial score (nSPS) is 13.7. The van der Waals surface area contributed by atoms with E-state index in [1.165, 1.54) is 57.1 Å². The van der Waals surface area contributed by atoms with Gasteiger partial charge in [-0.15, -0.1) is 0 Å². The second kappa shape index (κ2) is 17.9. The van der Waals surface area contributed by atoms with Gasteiger partial charge in [-0.25, -0.2) is 17.3 Å². The Kier molecular flexibility index (Phi) is 19.5. The molecule has 0 aliphatic carbocycles. The van der Waals surface area contributed by atoms with Crippen molar-refractivity contribution in [1.29, 1.82) is 0 Å². The molecule has 31 heavy (non-hydrogen) atoms. The zero-order chi connectivity index (χ0) is 21.8. The molecule has 0 bridgehead atoms. The molecule has 0 unspecified atom stereocenters. The first-order valence-electron chi connectivity index (χ1n) is 9.95. The van der Waals surface area contributed by atoms with Crippen LogP contribution < -0.4 is 63.8 Å². The number of hydrogen-bond donors (Lipinski definition) is 2. The van der Waals surface area contributed by atoms with Crippen LogP contribution in [-0.2, 0) is 24.6 Å². The van der Waals surface area contributed by atoms with Crippen LogP contribution in [0.4, 0.5) is 0 Å². The fraction of sp³-hybridized carbons (Fsp3) is 0.632. The quantitative estimate of drug-likeness (QED) is 0.196. The predicted octanol–water partition coefficient (Wildman–Crippen LogP) is -1.92. The number of hydrogen-bond acceptors (Lipinski definition) is 6. The van der Waals surface area contributed by atoms with E-state index in [-0.39, 0.29) is 79.0 Å². The van der Waals surface area contributed by atoms with Gasteiger partial charge in [0.05, 0.1) is 12.2 Å². The second-order valence-electron chi connectivity index (χ2n) is 6.86. The van der Waals surface area contributed by atoms with Crippen molar-refractivity contribution < 1.29 is 92.3 Å². The van der Waals surface area contributed by atoms with Crippen LogP contribution >= 0.6 is 0 Å². The summed E-state index contributed by atoms with van der Waals surface area (Å²) in [6.07, 6.45) is 11.9.